The number of para-hydroxylation sites is 1. The van der Waals surface area contributed by atoms with Gasteiger partial charge in [0.1, 0.15) is 0 Å². The molecule has 0 aliphatic carbocycles. The number of nitrogens with zero attached hydrogens (tertiary/aromatic N) is 6. The van der Waals surface area contributed by atoms with Crippen molar-refractivity contribution in [2.45, 2.75) is 34.6 Å². The Kier molecular flexibility index (Phi) is 8.54. The van der Waals surface area contributed by atoms with Gasteiger partial charge in [-0.15, -0.1) is 47.5 Å². The van der Waals surface area contributed by atoms with Crippen molar-refractivity contribution in [3.8, 4) is 34.2 Å². The van der Waals surface area contributed by atoms with E-state index in [4.69, 9.17) is 8.83 Å². The fourth-order valence-electron chi connectivity index (χ4n) is 5.97. The van der Waals surface area contributed by atoms with Gasteiger partial charge in [-0.25, -0.2) is 9.97 Å². The molecule has 0 saturated heterocycles. The first-order chi connectivity index (χ1) is 21.9. The molecule has 9 heteroatoms. The molecule has 0 N–H and O–H groups in total. The summed E-state index contributed by atoms with van der Waals surface area (Å²) in [6.45, 7) is 10.6. The number of hydrogen-bond acceptors (Lipinski definition) is 6. The Morgan fingerprint density at radius 1 is 0.587 bits per heavy atom. The van der Waals surface area contributed by atoms with Crippen LogP contribution < -0.4 is 0 Å². The molecule has 4 aromatic heterocycles. The molecule has 0 amide bonds. The molecule has 4 heterocycles. The maximum Gasteiger partial charge on any atom is 0.169 e. The third kappa shape index (κ3) is 5.71. The van der Waals surface area contributed by atoms with Gasteiger partial charge in [0.15, 0.2) is 12.8 Å². The van der Waals surface area contributed by atoms with Crippen LogP contribution in [0.25, 0.3) is 56.3 Å². The average molecular weight is 783 g/mol. The van der Waals surface area contributed by atoms with Crippen molar-refractivity contribution < 1.29 is 28.9 Å². The average Bonchev–Trinajstić information content (AvgIpc) is 3.83. The molecule has 0 fully saturated rings. The molecule has 0 aliphatic rings. The van der Waals surface area contributed by atoms with Gasteiger partial charge in [0.05, 0.1) is 22.8 Å². The zero-order valence-corrected chi connectivity index (χ0v) is 28.4. The van der Waals surface area contributed by atoms with Gasteiger partial charge < -0.3 is 18.0 Å². The molecule has 4 aromatic carbocycles. The second-order valence-electron chi connectivity index (χ2n) is 11.1. The zero-order valence-electron chi connectivity index (χ0n) is 26.0. The Balaban J connectivity index is 0.000000158. The van der Waals surface area contributed by atoms with Crippen LogP contribution in [0, 0.1) is 46.8 Å². The second kappa shape index (κ2) is 12.7. The van der Waals surface area contributed by atoms with Crippen molar-refractivity contribution in [2.24, 2.45) is 0 Å². The Bertz CT molecular complexity index is 2260. The van der Waals surface area contributed by atoms with Crippen LogP contribution >= 0.6 is 0 Å². The molecule has 46 heavy (non-hydrogen) atoms. The molecule has 0 atom stereocenters. The topological polar surface area (TPSA) is 87.7 Å². The molecule has 8 nitrogen and oxygen atoms in total. The summed E-state index contributed by atoms with van der Waals surface area (Å²) in [6, 6.07) is 24.7. The van der Waals surface area contributed by atoms with Crippen molar-refractivity contribution in [2.75, 3.05) is 0 Å². The number of oxazole rings is 2. The van der Waals surface area contributed by atoms with E-state index in [-0.39, 0.29) is 20.1 Å². The fraction of sp³-hybridized carbons (Fsp3) is 0.135. The van der Waals surface area contributed by atoms with Crippen molar-refractivity contribution in [3.63, 3.8) is 0 Å². The summed E-state index contributed by atoms with van der Waals surface area (Å²) in [5, 5.41) is 0. The van der Waals surface area contributed by atoms with Gasteiger partial charge in [0, 0.05) is 67.3 Å². The molecule has 0 saturated carbocycles. The number of aromatic nitrogens is 6. The van der Waals surface area contributed by atoms with E-state index in [1.807, 2.05) is 43.0 Å². The van der Waals surface area contributed by atoms with E-state index in [0.29, 0.717) is 0 Å². The Labute approximate surface area is 280 Å². The van der Waals surface area contributed by atoms with Crippen LogP contribution in [0.15, 0.2) is 101 Å². The first kappa shape index (κ1) is 30.9. The number of aryl methyl sites for hydroxylation is 5. The van der Waals surface area contributed by atoms with E-state index in [1.54, 1.807) is 6.07 Å². The van der Waals surface area contributed by atoms with Gasteiger partial charge >= 0.3 is 0 Å². The van der Waals surface area contributed by atoms with Crippen LogP contribution in [0.2, 0.25) is 0 Å². The van der Waals surface area contributed by atoms with Gasteiger partial charge in [-0.2, -0.15) is 0 Å². The van der Waals surface area contributed by atoms with Crippen molar-refractivity contribution in [3.05, 3.63) is 132 Å². The Morgan fingerprint density at radius 3 is 1.52 bits per heavy atom. The molecule has 8 aromatic rings. The minimum Gasteiger partial charge on any atom is -0.490 e. The van der Waals surface area contributed by atoms with Gasteiger partial charge in [0.25, 0.3) is 0 Å². The van der Waals surface area contributed by atoms with E-state index in [2.05, 4.69) is 106 Å². The minimum atomic E-state index is 0. The summed E-state index contributed by atoms with van der Waals surface area (Å²) >= 11 is 0. The van der Waals surface area contributed by atoms with Crippen LogP contribution in [-0.2, 0) is 20.1 Å². The summed E-state index contributed by atoms with van der Waals surface area (Å²) in [5.74, 6) is 1.70. The predicted molar refractivity (Wildman–Crippen MR) is 174 cm³/mol. The fourth-order valence-corrected chi connectivity index (χ4v) is 5.97. The van der Waals surface area contributed by atoms with Crippen LogP contribution in [0.5, 0.6) is 0 Å². The maximum absolute atomic E-state index is 5.29. The molecule has 1 radical (unpaired) electrons. The normalized spacial score (nSPS) is 11.0. The smallest absolute Gasteiger partial charge is 0.169 e. The zero-order chi connectivity index (χ0) is 31.1. The molecule has 0 bridgehead atoms. The monoisotopic (exact) mass is 783 g/mol. The number of benzene rings is 4. The summed E-state index contributed by atoms with van der Waals surface area (Å²) in [5.41, 5.74) is 13.3. The van der Waals surface area contributed by atoms with E-state index in [1.165, 1.54) is 40.6 Å². The molecule has 231 valence electrons. The van der Waals surface area contributed by atoms with Gasteiger partial charge in [-0.3, -0.25) is 9.97 Å². The van der Waals surface area contributed by atoms with Gasteiger partial charge in [-0.05, 0) is 56.9 Å². The summed E-state index contributed by atoms with van der Waals surface area (Å²) in [4.78, 5) is 17.5. The molecule has 0 aliphatic heterocycles. The molecule has 0 spiro atoms. The maximum atomic E-state index is 5.29. The van der Waals surface area contributed by atoms with E-state index >= 15 is 0 Å². The van der Waals surface area contributed by atoms with Crippen LogP contribution in [-0.4, -0.2) is 29.1 Å². The van der Waals surface area contributed by atoms with Crippen molar-refractivity contribution in [1.29, 1.82) is 0 Å². The Hall–Kier alpha value is -5.11. The first-order valence-corrected chi connectivity index (χ1v) is 14.6. The summed E-state index contributed by atoms with van der Waals surface area (Å²) in [6.07, 6.45) is 10.5. The number of imidazole rings is 2. The number of hydrogen-bond donors (Lipinski definition) is 0. The SMILES string of the molecule is Cc1cc(C)c(-n2ccnc2-c2[c-]cc3ocnc3c2)c(C)c1.Cc1cccc(C)c1-n1ccnc1-c1[c-]cc2ocnc2c1.[Ir]. The largest absolute Gasteiger partial charge is 0.490 e. The number of rotatable bonds is 4. The molecule has 8 rings (SSSR count). The van der Waals surface area contributed by atoms with E-state index in [0.717, 1.165) is 56.3 Å². The van der Waals surface area contributed by atoms with Crippen molar-refractivity contribution in [1.82, 2.24) is 29.1 Å². The standard InChI is InChI=1S/C19H16N3O.C18H14N3O.Ir/c1-12-8-13(2)18(14(3)9-12)22-7-6-20-19(22)15-4-5-17-16(10-15)21-11-23-17;1-12-4-3-5-13(2)17(12)21-9-8-19-18(21)14-6-7-16-15(10-14)20-11-22-16;/h5-11H,1-3H3;3-5,7-11H,1-2H3;/q2*-1;. The minimum absolute atomic E-state index is 0. The van der Waals surface area contributed by atoms with Gasteiger partial charge in [0.2, 0.25) is 0 Å². The third-order valence-electron chi connectivity index (χ3n) is 7.85. The molecular weight excluding hydrogens is 753 g/mol. The van der Waals surface area contributed by atoms with Crippen LogP contribution in [0.4, 0.5) is 0 Å². The number of fused-ring (bicyclic) bond motifs is 2. The summed E-state index contributed by atoms with van der Waals surface area (Å²) < 4.78 is 14.8. The van der Waals surface area contributed by atoms with Crippen molar-refractivity contribution >= 4 is 22.2 Å². The third-order valence-corrected chi connectivity index (χ3v) is 7.85. The molecular formula is C37H30IrN6O2-2. The quantitative estimate of drug-likeness (QED) is 0.167. The van der Waals surface area contributed by atoms with E-state index < -0.39 is 0 Å². The predicted octanol–water partition coefficient (Wildman–Crippen LogP) is 8.50. The van der Waals surface area contributed by atoms with Gasteiger partial charge in [-0.1, -0.05) is 35.9 Å². The second-order valence-corrected chi connectivity index (χ2v) is 11.1. The van der Waals surface area contributed by atoms with Crippen LogP contribution in [0.1, 0.15) is 27.8 Å². The molecule has 0 unspecified atom stereocenters. The van der Waals surface area contributed by atoms with E-state index in [9.17, 15) is 0 Å². The Morgan fingerprint density at radius 2 is 1.04 bits per heavy atom. The van der Waals surface area contributed by atoms with Crippen LogP contribution in [0.3, 0.4) is 0 Å². The summed E-state index contributed by atoms with van der Waals surface area (Å²) in [7, 11) is 0. The first-order valence-electron chi connectivity index (χ1n) is 14.6.